The lowest BCUT2D eigenvalue weighted by Gasteiger charge is -2.17. The monoisotopic (exact) mass is 312 g/mol. The van der Waals surface area contributed by atoms with Crippen LogP contribution >= 0.6 is 0 Å². The van der Waals surface area contributed by atoms with Crippen LogP contribution in [0.5, 0.6) is 5.75 Å². The Morgan fingerprint density at radius 2 is 1.83 bits per heavy atom. The second-order valence-corrected chi connectivity index (χ2v) is 5.52. The van der Waals surface area contributed by atoms with Crippen LogP contribution in [0.3, 0.4) is 0 Å². The molecule has 4 heteroatoms. The van der Waals surface area contributed by atoms with Crippen LogP contribution in [0.1, 0.15) is 43.5 Å². The minimum absolute atomic E-state index is 0.0596. The molecule has 2 rings (SSSR count). The van der Waals surface area contributed by atoms with E-state index in [2.05, 4.69) is 5.32 Å². The predicted molar refractivity (Wildman–Crippen MR) is 92.2 cm³/mol. The van der Waals surface area contributed by atoms with Crippen molar-refractivity contribution in [1.82, 2.24) is 5.32 Å². The lowest BCUT2D eigenvalue weighted by atomic mass is 10.0. The van der Waals surface area contributed by atoms with Gasteiger partial charge in [-0.3, -0.25) is 4.79 Å². The summed E-state index contributed by atoms with van der Waals surface area (Å²) in [6.07, 6.45) is 0.263. The maximum Gasteiger partial charge on any atom is 0.222 e. The number of carbonyl (C=O) groups excluding carboxylic acids is 1. The molecule has 0 aliphatic heterocycles. The Balaban J connectivity index is 1.93. The third kappa shape index (κ3) is 5.11. The van der Waals surface area contributed by atoms with Crippen molar-refractivity contribution in [1.29, 1.82) is 0 Å². The highest BCUT2D eigenvalue weighted by Crippen LogP contribution is 2.20. The quantitative estimate of drug-likeness (QED) is 0.824. The third-order valence-corrected chi connectivity index (χ3v) is 3.68. The highest BCUT2D eigenvalue weighted by atomic mass is 16.5. The summed E-state index contributed by atoms with van der Waals surface area (Å²) in [6, 6.07) is 17.0. The second kappa shape index (κ2) is 8.34. The number of rotatable bonds is 7. The van der Waals surface area contributed by atoms with E-state index in [0.717, 1.165) is 16.9 Å². The number of nitrogens with one attached hydrogen (secondary N) is 1. The van der Waals surface area contributed by atoms with Gasteiger partial charge >= 0.3 is 0 Å². The zero-order chi connectivity index (χ0) is 16.7. The van der Waals surface area contributed by atoms with Gasteiger partial charge in [-0.05, 0) is 37.1 Å². The van der Waals surface area contributed by atoms with E-state index in [1.807, 2.05) is 68.4 Å². The maximum atomic E-state index is 12.2. The van der Waals surface area contributed by atoms with Gasteiger partial charge in [-0.1, -0.05) is 42.5 Å². The second-order valence-electron chi connectivity index (χ2n) is 5.52. The molecule has 0 aromatic heterocycles. The number of benzene rings is 2. The molecule has 0 heterocycles. The number of hydrogen-bond donors (Lipinski definition) is 2. The van der Waals surface area contributed by atoms with Gasteiger partial charge in [0.05, 0.1) is 12.6 Å². The van der Waals surface area contributed by atoms with Crippen LogP contribution in [-0.2, 0) is 4.79 Å². The van der Waals surface area contributed by atoms with Gasteiger partial charge in [0.25, 0.3) is 0 Å². The number of carbonyl (C=O) groups is 1. The van der Waals surface area contributed by atoms with Crippen LogP contribution in [0.15, 0.2) is 54.6 Å². The van der Waals surface area contributed by atoms with Gasteiger partial charge in [-0.25, -0.2) is 0 Å². The first-order valence-electron chi connectivity index (χ1n) is 7.92. The van der Waals surface area contributed by atoms with E-state index in [1.54, 1.807) is 0 Å². The fourth-order valence-electron chi connectivity index (χ4n) is 2.44. The van der Waals surface area contributed by atoms with E-state index in [9.17, 15) is 4.79 Å². The van der Waals surface area contributed by atoms with Crippen LogP contribution in [0.25, 0.3) is 0 Å². The average molecular weight is 312 g/mol. The first-order chi connectivity index (χ1) is 11.1. The summed E-state index contributed by atoms with van der Waals surface area (Å²) in [6.45, 7) is 4.52. The fourth-order valence-corrected chi connectivity index (χ4v) is 2.44. The SMILES string of the molecule is CCOc1cccc(C(C)NC(=O)CC(N)c2ccccc2)c1. The molecular weight excluding hydrogens is 288 g/mol. The topological polar surface area (TPSA) is 64.3 Å². The van der Waals surface area contributed by atoms with E-state index in [1.165, 1.54) is 0 Å². The van der Waals surface area contributed by atoms with Crippen LogP contribution in [0.4, 0.5) is 0 Å². The molecule has 4 nitrogen and oxygen atoms in total. The van der Waals surface area contributed by atoms with Crippen LogP contribution < -0.4 is 15.8 Å². The molecule has 0 spiro atoms. The molecule has 2 atom stereocenters. The number of hydrogen-bond acceptors (Lipinski definition) is 3. The molecule has 0 radical (unpaired) electrons. The molecule has 23 heavy (non-hydrogen) atoms. The molecule has 0 aliphatic carbocycles. The lowest BCUT2D eigenvalue weighted by molar-refractivity contribution is -0.122. The molecular formula is C19H24N2O2. The summed E-state index contributed by atoms with van der Waals surface area (Å²) in [5.74, 6) is 0.753. The van der Waals surface area contributed by atoms with Crippen molar-refractivity contribution in [3.63, 3.8) is 0 Å². The molecule has 0 bridgehead atoms. The molecule has 3 N–H and O–H groups in total. The van der Waals surface area contributed by atoms with Crippen LogP contribution in [-0.4, -0.2) is 12.5 Å². The van der Waals surface area contributed by atoms with Crippen molar-refractivity contribution in [2.24, 2.45) is 5.73 Å². The van der Waals surface area contributed by atoms with Crippen molar-refractivity contribution in [2.45, 2.75) is 32.4 Å². The molecule has 0 saturated carbocycles. The highest BCUT2D eigenvalue weighted by molar-refractivity contribution is 5.77. The Hall–Kier alpha value is -2.33. The fraction of sp³-hybridized carbons (Fsp3) is 0.316. The molecule has 0 fully saturated rings. The standard InChI is InChI=1S/C19H24N2O2/c1-3-23-17-11-7-10-16(12-17)14(2)21-19(22)13-18(20)15-8-5-4-6-9-15/h4-12,14,18H,3,13,20H2,1-2H3,(H,21,22). The van der Waals surface area contributed by atoms with Gasteiger partial charge < -0.3 is 15.8 Å². The van der Waals surface area contributed by atoms with Crippen molar-refractivity contribution in [3.8, 4) is 5.75 Å². The maximum absolute atomic E-state index is 12.2. The smallest absolute Gasteiger partial charge is 0.222 e. The summed E-state index contributed by atoms with van der Waals surface area (Å²) >= 11 is 0. The Morgan fingerprint density at radius 3 is 2.52 bits per heavy atom. The van der Waals surface area contributed by atoms with Crippen LogP contribution in [0.2, 0.25) is 0 Å². The van der Waals surface area contributed by atoms with E-state index in [0.29, 0.717) is 6.61 Å². The molecule has 122 valence electrons. The van der Waals surface area contributed by atoms with Gasteiger partial charge in [0, 0.05) is 12.5 Å². The number of nitrogens with two attached hydrogens (primary N) is 1. The Morgan fingerprint density at radius 1 is 1.13 bits per heavy atom. The minimum atomic E-state index is -0.293. The molecule has 0 aliphatic rings. The normalized spacial score (nSPS) is 13.2. The largest absolute Gasteiger partial charge is 0.494 e. The third-order valence-electron chi connectivity index (χ3n) is 3.68. The number of ether oxygens (including phenoxy) is 1. The zero-order valence-corrected chi connectivity index (χ0v) is 13.7. The molecule has 2 aromatic carbocycles. The van der Waals surface area contributed by atoms with Crippen molar-refractivity contribution < 1.29 is 9.53 Å². The summed E-state index contributed by atoms with van der Waals surface area (Å²) in [5, 5.41) is 2.99. The van der Waals surface area contributed by atoms with Gasteiger partial charge in [-0.15, -0.1) is 0 Å². The Bertz CT molecular complexity index is 628. The molecule has 2 unspecified atom stereocenters. The van der Waals surface area contributed by atoms with Crippen LogP contribution in [0, 0.1) is 0 Å². The minimum Gasteiger partial charge on any atom is -0.494 e. The molecule has 0 saturated heterocycles. The predicted octanol–water partition coefficient (Wildman–Crippen LogP) is 3.35. The summed E-state index contributed by atoms with van der Waals surface area (Å²) in [4.78, 5) is 12.2. The summed E-state index contributed by atoms with van der Waals surface area (Å²) in [7, 11) is 0. The highest BCUT2D eigenvalue weighted by Gasteiger charge is 2.14. The Kier molecular flexibility index (Phi) is 6.18. The zero-order valence-electron chi connectivity index (χ0n) is 13.7. The van der Waals surface area contributed by atoms with Gasteiger partial charge in [0.15, 0.2) is 0 Å². The first kappa shape index (κ1) is 17.0. The number of amides is 1. The molecule has 2 aromatic rings. The summed E-state index contributed by atoms with van der Waals surface area (Å²) < 4.78 is 5.49. The Labute approximate surface area is 137 Å². The van der Waals surface area contributed by atoms with Gasteiger partial charge in [0.2, 0.25) is 5.91 Å². The van der Waals surface area contributed by atoms with E-state index >= 15 is 0 Å². The lowest BCUT2D eigenvalue weighted by Crippen LogP contribution is -2.29. The van der Waals surface area contributed by atoms with Gasteiger partial charge in [0.1, 0.15) is 5.75 Å². The first-order valence-corrected chi connectivity index (χ1v) is 7.92. The van der Waals surface area contributed by atoms with Crippen molar-refractivity contribution >= 4 is 5.91 Å². The van der Waals surface area contributed by atoms with Gasteiger partial charge in [-0.2, -0.15) is 0 Å². The van der Waals surface area contributed by atoms with E-state index in [4.69, 9.17) is 10.5 Å². The van der Waals surface area contributed by atoms with E-state index in [-0.39, 0.29) is 24.4 Å². The molecule has 1 amide bonds. The van der Waals surface area contributed by atoms with Crippen molar-refractivity contribution in [2.75, 3.05) is 6.61 Å². The van der Waals surface area contributed by atoms with Crippen molar-refractivity contribution in [3.05, 3.63) is 65.7 Å². The average Bonchev–Trinajstić information content (AvgIpc) is 2.56. The summed E-state index contributed by atoms with van der Waals surface area (Å²) in [5.41, 5.74) is 8.07. The van der Waals surface area contributed by atoms with E-state index < -0.39 is 0 Å².